The molecule has 3 aromatic heterocycles. The lowest BCUT2D eigenvalue weighted by Crippen LogP contribution is -2.40. The second-order valence-electron chi connectivity index (χ2n) is 7.76. The predicted molar refractivity (Wildman–Crippen MR) is 119 cm³/mol. The number of pyridine rings is 1. The van der Waals surface area contributed by atoms with Gasteiger partial charge in [-0.15, -0.1) is 0 Å². The Morgan fingerprint density at radius 1 is 1.03 bits per heavy atom. The van der Waals surface area contributed by atoms with E-state index >= 15 is 0 Å². The minimum absolute atomic E-state index is 0.0251. The molecule has 8 heteroatoms. The van der Waals surface area contributed by atoms with Crippen molar-refractivity contribution in [2.45, 2.75) is 25.4 Å². The summed E-state index contributed by atoms with van der Waals surface area (Å²) >= 11 is 0. The minimum Gasteiger partial charge on any atom is -0.337 e. The molecule has 0 saturated carbocycles. The molecule has 0 N–H and O–H groups in total. The van der Waals surface area contributed by atoms with Crippen LogP contribution in [0.1, 0.15) is 12.8 Å². The summed E-state index contributed by atoms with van der Waals surface area (Å²) in [4.78, 5) is 36.3. The standard InChI is InChI=1S/C23H22N6O2/c1-27-22(31)18-6-2-3-7-20(18)25-23(27)28-14-4-5-17(28)15-29-21(30)9-8-19(26-29)16-10-12-24-13-11-16/h2-3,6-13,17H,4-5,14-15H2,1H3. The summed E-state index contributed by atoms with van der Waals surface area (Å²) in [6.07, 6.45) is 5.27. The van der Waals surface area contributed by atoms with E-state index in [1.807, 2.05) is 30.3 Å². The first-order valence-electron chi connectivity index (χ1n) is 10.3. The van der Waals surface area contributed by atoms with Gasteiger partial charge >= 0.3 is 0 Å². The summed E-state index contributed by atoms with van der Waals surface area (Å²) in [5, 5.41) is 5.19. The van der Waals surface area contributed by atoms with Crippen LogP contribution in [0.4, 0.5) is 5.95 Å². The molecule has 1 saturated heterocycles. The molecule has 1 aromatic carbocycles. The third-order valence-electron chi connectivity index (χ3n) is 5.82. The van der Waals surface area contributed by atoms with Gasteiger partial charge in [-0.2, -0.15) is 5.10 Å². The van der Waals surface area contributed by atoms with E-state index in [0.29, 0.717) is 23.4 Å². The molecule has 0 amide bonds. The zero-order valence-electron chi connectivity index (χ0n) is 17.2. The number of rotatable bonds is 4. The summed E-state index contributed by atoms with van der Waals surface area (Å²) < 4.78 is 3.11. The van der Waals surface area contributed by atoms with E-state index in [0.717, 1.165) is 30.6 Å². The number of anilines is 1. The van der Waals surface area contributed by atoms with Gasteiger partial charge in [-0.1, -0.05) is 12.1 Å². The molecule has 4 aromatic rings. The monoisotopic (exact) mass is 414 g/mol. The van der Waals surface area contributed by atoms with Gasteiger partial charge in [-0.3, -0.25) is 19.1 Å². The van der Waals surface area contributed by atoms with E-state index in [4.69, 9.17) is 4.98 Å². The second-order valence-corrected chi connectivity index (χ2v) is 7.76. The average Bonchev–Trinajstić information content (AvgIpc) is 3.26. The molecule has 1 atom stereocenters. The van der Waals surface area contributed by atoms with Gasteiger partial charge in [0.1, 0.15) is 0 Å². The first kappa shape index (κ1) is 19.2. The average molecular weight is 414 g/mol. The molecule has 156 valence electrons. The van der Waals surface area contributed by atoms with E-state index in [-0.39, 0.29) is 17.2 Å². The normalized spacial score (nSPS) is 16.2. The zero-order chi connectivity index (χ0) is 21.4. The molecule has 31 heavy (non-hydrogen) atoms. The van der Waals surface area contributed by atoms with Gasteiger partial charge < -0.3 is 4.90 Å². The highest BCUT2D eigenvalue weighted by Crippen LogP contribution is 2.25. The van der Waals surface area contributed by atoms with Crippen molar-refractivity contribution < 1.29 is 0 Å². The number of para-hydroxylation sites is 1. The number of benzene rings is 1. The highest BCUT2D eigenvalue weighted by atomic mass is 16.1. The highest BCUT2D eigenvalue weighted by molar-refractivity contribution is 5.78. The fourth-order valence-electron chi connectivity index (χ4n) is 4.21. The van der Waals surface area contributed by atoms with Crippen LogP contribution in [-0.2, 0) is 13.6 Å². The number of hydrogen-bond acceptors (Lipinski definition) is 6. The van der Waals surface area contributed by atoms with Crippen molar-refractivity contribution in [2.24, 2.45) is 7.05 Å². The van der Waals surface area contributed by atoms with Gasteiger partial charge in [0.25, 0.3) is 11.1 Å². The van der Waals surface area contributed by atoms with E-state index in [1.54, 1.807) is 42.2 Å². The smallest absolute Gasteiger partial charge is 0.266 e. The molecule has 1 aliphatic rings. The molecular formula is C23H22N6O2. The van der Waals surface area contributed by atoms with Gasteiger partial charge in [-0.05, 0) is 43.2 Å². The van der Waals surface area contributed by atoms with Crippen LogP contribution in [0, 0.1) is 0 Å². The summed E-state index contributed by atoms with van der Waals surface area (Å²) in [7, 11) is 1.75. The first-order valence-corrected chi connectivity index (χ1v) is 10.3. The van der Waals surface area contributed by atoms with Crippen LogP contribution in [0.25, 0.3) is 22.2 Å². The molecule has 4 heterocycles. The Balaban J connectivity index is 1.50. The lowest BCUT2D eigenvalue weighted by molar-refractivity contribution is 0.483. The van der Waals surface area contributed by atoms with Crippen molar-refractivity contribution in [3.63, 3.8) is 0 Å². The summed E-state index contributed by atoms with van der Waals surface area (Å²) in [6.45, 7) is 1.21. The minimum atomic E-state index is -0.148. The van der Waals surface area contributed by atoms with Crippen molar-refractivity contribution in [2.75, 3.05) is 11.4 Å². The fourth-order valence-corrected chi connectivity index (χ4v) is 4.21. The first-order chi connectivity index (χ1) is 15.1. The number of fused-ring (bicyclic) bond motifs is 1. The molecule has 0 radical (unpaired) electrons. The van der Waals surface area contributed by atoms with Crippen molar-refractivity contribution in [3.05, 3.63) is 81.6 Å². The molecule has 1 aliphatic heterocycles. The molecule has 0 spiro atoms. The Morgan fingerprint density at radius 3 is 2.68 bits per heavy atom. The summed E-state index contributed by atoms with van der Waals surface area (Å²) in [6, 6.07) is 14.4. The quantitative estimate of drug-likeness (QED) is 0.509. The fraction of sp³-hybridized carbons (Fsp3) is 0.261. The van der Waals surface area contributed by atoms with E-state index in [1.165, 1.54) is 4.68 Å². The Labute approximate surface area is 178 Å². The number of aromatic nitrogens is 5. The molecule has 1 fully saturated rings. The SMILES string of the molecule is Cn1c(N2CCCC2Cn2nc(-c3ccncc3)ccc2=O)nc2ccccc2c1=O. The maximum absolute atomic E-state index is 12.9. The maximum atomic E-state index is 12.9. The van der Waals surface area contributed by atoms with Gasteiger partial charge in [0.2, 0.25) is 5.95 Å². The van der Waals surface area contributed by atoms with Crippen LogP contribution in [0.3, 0.4) is 0 Å². The second kappa shape index (κ2) is 7.79. The van der Waals surface area contributed by atoms with Gasteiger partial charge in [0.05, 0.1) is 29.2 Å². The summed E-state index contributed by atoms with van der Waals surface area (Å²) in [5.41, 5.74) is 2.10. The highest BCUT2D eigenvalue weighted by Gasteiger charge is 2.29. The Kier molecular flexibility index (Phi) is 4.82. The predicted octanol–water partition coefficient (Wildman–Crippen LogP) is 2.22. The number of hydrogen-bond donors (Lipinski definition) is 0. The van der Waals surface area contributed by atoms with Crippen LogP contribution >= 0.6 is 0 Å². The van der Waals surface area contributed by atoms with Gasteiger partial charge in [0.15, 0.2) is 0 Å². The van der Waals surface area contributed by atoms with Crippen molar-refractivity contribution in [1.82, 2.24) is 24.3 Å². The van der Waals surface area contributed by atoms with Crippen LogP contribution in [0.15, 0.2) is 70.5 Å². The maximum Gasteiger partial charge on any atom is 0.266 e. The van der Waals surface area contributed by atoms with Crippen LogP contribution in [0.2, 0.25) is 0 Å². The molecule has 8 nitrogen and oxygen atoms in total. The third kappa shape index (κ3) is 3.50. The van der Waals surface area contributed by atoms with Gasteiger partial charge in [0, 0.05) is 37.6 Å². The third-order valence-corrected chi connectivity index (χ3v) is 5.82. The molecule has 1 unspecified atom stereocenters. The van der Waals surface area contributed by atoms with E-state index < -0.39 is 0 Å². The lowest BCUT2D eigenvalue weighted by Gasteiger charge is -2.27. The topological polar surface area (TPSA) is 85.9 Å². The Bertz CT molecular complexity index is 1360. The Morgan fingerprint density at radius 2 is 1.84 bits per heavy atom. The van der Waals surface area contributed by atoms with Crippen molar-refractivity contribution in [3.8, 4) is 11.3 Å². The molecule has 0 bridgehead atoms. The molecule has 0 aliphatic carbocycles. The van der Waals surface area contributed by atoms with Crippen molar-refractivity contribution in [1.29, 1.82) is 0 Å². The molecule has 5 rings (SSSR count). The van der Waals surface area contributed by atoms with Crippen LogP contribution in [-0.4, -0.2) is 36.9 Å². The van der Waals surface area contributed by atoms with E-state index in [2.05, 4.69) is 15.0 Å². The largest absolute Gasteiger partial charge is 0.337 e. The number of nitrogens with zero attached hydrogens (tertiary/aromatic N) is 6. The molecular weight excluding hydrogens is 392 g/mol. The van der Waals surface area contributed by atoms with Crippen LogP contribution < -0.4 is 16.0 Å². The zero-order valence-corrected chi connectivity index (χ0v) is 17.2. The Hall–Kier alpha value is -3.81. The lowest BCUT2D eigenvalue weighted by atomic mass is 10.2. The van der Waals surface area contributed by atoms with Crippen LogP contribution in [0.5, 0.6) is 0 Å². The summed E-state index contributed by atoms with van der Waals surface area (Å²) in [5.74, 6) is 0.629. The van der Waals surface area contributed by atoms with Crippen molar-refractivity contribution >= 4 is 16.9 Å². The van der Waals surface area contributed by atoms with Gasteiger partial charge in [-0.25, -0.2) is 9.67 Å². The van der Waals surface area contributed by atoms with E-state index in [9.17, 15) is 9.59 Å².